The summed E-state index contributed by atoms with van der Waals surface area (Å²) in [6.45, 7) is -0.647. The molecule has 8 heteroatoms. The average molecular weight is 377 g/mol. The van der Waals surface area contributed by atoms with Crippen molar-refractivity contribution in [3.8, 4) is 0 Å². The Morgan fingerprint density at radius 2 is 1.88 bits per heavy atom. The van der Waals surface area contributed by atoms with Crippen LogP contribution >= 0.6 is 11.6 Å². The van der Waals surface area contributed by atoms with Gasteiger partial charge in [0.1, 0.15) is 16.8 Å². The Bertz CT molecular complexity index is 1010. The van der Waals surface area contributed by atoms with Gasteiger partial charge >= 0.3 is 5.97 Å². The van der Waals surface area contributed by atoms with Gasteiger partial charge in [0.15, 0.2) is 6.61 Å². The summed E-state index contributed by atoms with van der Waals surface area (Å²) in [7, 11) is 0. The molecular weight excluding hydrogens is 366 g/mol. The van der Waals surface area contributed by atoms with E-state index in [0.717, 1.165) is 18.2 Å². The number of halogens is 3. The number of hydrogen-bond acceptors (Lipinski definition) is 4. The van der Waals surface area contributed by atoms with Gasteiger partial charge in [-0.05, 0) is 42.5 Å². The summed E-state index contributed by atoms with van der Waals surface area (Å²) in [5, 5.41) is 3.14. The van der Waals surface area contributed by atoms with E-state index >= 15 is 0 Å². The third-order valence-electron chi connectivity index (χ3n) is 3.43. The lowest BCUT2D eigenvalue weighted by Gasteiger charge is -2.08. The molecule has 5 nitrogen and oxygen atoms in total. The lowest BCUT2D eigenvalue weighted by Crippen LogP contribution is -2.21. The molecule has 26 heavy (non-hydrogen) atoms. The molecule has 3 rings (SSSR count). The van der Waals surface area contributed by atoms with E-state index in [1.165, 1.54) is 6.07 Å². The van der Waals surface area contributed by atoms with Crippen LogP contribution in [-0.4, -0.2) is 23.5 Å². The summed E-state index contributed by atoms with van der Waals surface area (Å²) in [5.74, 6) is -3.04. The summed E-state index contributed by atoms with van der Waals surface area (Å²) >= 11 is 5.80. The zero-order chi connectivity index (χ0) is 18.7. The highest BCUT2D eigenvalue weighted by molar-refractivity contribution is 6.29. The second kappa shape index (κ2) is 7.45. The maximum absolute atomic E-state index is 13.5. The summed E-state index contributed by atoms with van der Waals surface area (Å²) in [5.41, 5.74) is 0.486. The van der Waals surface area contributed by atoms with Crippen LogP contribution in [0, 0.1) is 11.6 Å². The van der Waals surface area contributed by atoms with Gasteiger partial charge in [0.2, 0.25) is 0 Å². The molecule has 0 spiro atoms. The number of nitrogens with zero attached hydrogens (tertiary/aromatic N) is 1. The van der Waals surface area contributed by atoms with Crippen molar-refractivity contribution in [1.29, 1.82) is 0 Å². The molecule has 0 saturated heterocycles. The van der Waals surface area contributed by atoms with Crippen LogP contribution in [0.5, 0.6) is 0 Å². The Hall–Kier alpha value is -3.06. The maximum atomic E-state index is 13.5. The van der Waals surface area contributed by atoms with Gasteiger partial charge in [-0.2, -0.15) is 0 Å². The number of pyridine rings is 1. The average Bonchev–Trinajstić information content (AvgIpc) is 2.62. The van der Waals surface area contributed by atoms with Crippen LogP contribution in [0.4, 0.5) is 14.5 Å². The van der Waals surface area contributed by atoms with Crippen LogP contribution in [0.15, 0.2) is 48.5 Å². The second-order valence-electron chi connectivity index (χ2n) is 5.29. The quantitative estimate of drug-likeness (QED) is 0.552. The minimum absolute atomic E-state index is 0.214. The number of nitrogens with one attached hydrogen (secondary N) is 1. The summed E-state index contributed by atoms with van der Waals surface area (Å²) < 4.78 is 31.4. The van der Waals surface area contributed by atoms with E-state index in [1.807, 2.05) is 0 Å². The van der Waals surface area contributed by atoms with Gasteiger partial charge in [0.25, 0.3) is 5.91 Å². The molecule has 0 bridgehead atoms. The van der Waals surface area contributed by atoms with Crippen LogP contribution in [0.2, 0.25) is 5.15 Å². The van der Waals surface area contributed by atoms with E-state index in [9.17, 15) is 18.4 Å². The third-order valence-corrected chi connectivity index (χ3v) is 3.64. The molecule has 0 fully saturated rings. The number of esters is 1. The van der Waals surface area contributed by atoms with E-state index < -0.39 is 30.1 Å². The number of aromatic nitrogens is 1. The van der Waals surface area contributed by atoms with Crippen LogP contribution in [0.1, 0.15) is 10.4 Å². The van der Waals surface area contributed by atoms with Crippen molar-refractivity contribution in [2.45, 2.75) is 0 Å². The number of ether oxygens (including phenoxy) is 1. The monoisotopic (exact) mass is 376 g/mol. The molecule has 1 N–H and O–H groups in total. The van der Waals surface area contributed by atoms with Crippen molar-refractivity contribution in [2.24, 2.45) is 0 Å². The highest BCUT2D eigenvalue weighted by Gasteiger charge is 2.13. The minimum Gasteiger partial charge on any atom is -0.452 e. The zero-order valence-corrected chi connectivity index (χ0v) is 13.9. The summed E-state index contributed by atoms with van der Waals surface area (Å²) in [6.07, 6.45) is 0. The minimum atomic E-state index is -0.799. The smallest absolute Gasteiger partial charge is 0.338 e. The number of carbonyl (C=O) groups excluding carboxylic acids is 2. The van der Waals surface area contributed by atoms with Crippen LogP contribution in [0.25, 0.3) is 10.9 Å². The van der Waals surface area contributed by atoms with Gasteiger partial charge < -0.3 is 10.1 Å². The normalized spacial score (nSPS) is 10.6. The number of hydrogen-bond donors (Lipinski definition) is 1. The lowest BCUT2D eigenvalue weighted by atomic mass is 10.1. The number of fused-ring (bicyclic) bond motifs is 1. The number of rotatable bonds is 4. The lowest BCUT2D eigenvalue weighted by molar-refractivity contribution is -0.119. The first-order chi connectivity index (χ1) is 12.4. The standard InChI is InChI=1S/C18H11ClF2N2O3/c19-16-6-2-10-7-11(1-5-14(10)22-16)18(25)26-9-17(24)23-15-8-12(20)3-4-13(15)21/h1-8H,9H2,(H,23,24). The molecule has 0 aliphatic heterocycles. The predicted octanol–water partition coefficient (Wildman–Crippen LogP) is 3.96. The Balaban J connectivity index is 1.64. The Morgan fingerprint density at radius 3 is 2.69 bits per heavy atom. The third kappa shape index (κ3) is 4.12. The summed E-state index contributed by atoms with van der Waals surface area (Å²) in [6, 6.07) is 10.5. The molecule has 0 aliphatic carbocycles. The molecular formula is C18H11ClF2N2O3. The van der Waals surface area contributed by atoms with Crippen molar-refractivity contribution in [1.82, 2.24) is 4.98 Å². The van der Waals surface area contributed by atoms with Gasteiger partial charge in [0, 0.05) is 11.5 Å². The van der Waals surface area contributed by atoms with E-state index in [1.54, 1.807) is 24.3 Å². The predicted molar refractivity (Wildman–Crippen MR) is 92.0 cm³/mol. The van der Waals surface area contributed by atoms with Crippen molar-refractivity contribution in [3.05, 3.63) is 70.9 Å². The van der Waals surface area contributed by atoms with Gasteiger partial charge in [-0.15, -0.1) is 0 Å². The van der Waals surface area contributed by atoms with Gasteiger partial charge in [-0.1, -0.05) is 11.6 Å². The van der Waals surface area contributed by atoms with Crippen molar-refractivity contribution >= 4 is 40.1 Å². The van der Waals surface area contributed by atoms with Crippen LogP contribution in [-0.2, 0) is 9.53 Å². The molecule has 1 amide bonds. The maximum Gasteiger partial charge on any atom is 0.338 e. The van der Waals surface area contributed by atoms with E-state index in [0.29, 0.717) is 16.1 Å². The Kier molecular flexibility index (Phi) is 5.09. The van der Waals surface area contributed by atoms with Gasteiger partial charge in [0.05, 0.1) is 16.8 Å². The molecule has 0 unspecified atom stereocenters. The molecule has 3 aromatic rings. The highest BCUT2D eigenvalue weighted by Crippen LogP contribution is 2.18. The van der Waals surface area contributed by atoms with E-state index in [4.69, 9.17) is 16.3 Å². The SMILES string of the molecule is O=C(COC(=O)c1ccc2nc(Cl)ccc2c1)Nc1cc(F)ccc1F. The molecule has 0 atom stereocenters. The van der Waals surface area contributed by atoms with Gasteiger partial charge in [-0.3, -0.25) is 4.79 Å². The molecule has 0 radical (unpaired) electrons. The number of benzene rings is 2. The fourth-order valence-corrected chi connectivity index (χ4v) is 2.38. The Morgan fingerprint density at radius 1 is 1.08 bits per heavy atom. The fraction of sp³-hybridized carbons (Fsp3) is 0.0556. The molecule has 132 valence electrons. The first kappa shape index (κ1) is 17.8. The summed E-state index contributed by atoms with van der Waals surface area (Å²) in [4.78, 5) is 27.9. The van der Waals surface area contributed by atoms with Crippen molar-refractivity contribution < 1.29 is 23.1 Å². The zero-order valence-electron chi connectivity index (χ0n) is 13.1. The number of anilines is 1. The number of carbonyl (C=O) groups is 2. The van der Waals surface area contributed by atoms with Crippen molar-refractivity contribution in [3.63, 3.8) is 0 Å². The largest absolute Gasteiger partial charge is 0.452 e. The van der Waals surface area contributed by atoms with Gasteiger partial charge in [-0.25, -0.2) is 18.6 Å². The Labute approximate surface area is 151 Å². The fourth-order valence-electron chi connectivity index (χ4n) is 2.22. The topological polar surface area (TPSA) is 68.3 Å². The molecule has 0 aliphatic rings. The van der Waals surface area contributed by atoms with E-state index in [-0.39, 0.29) is 11.3 Å². The molecule has 1 heterocycles. The number of amides is 1. The van der Waals surface area contributed by atoms with Crippen molar-refractivity contribution in [2.75, 3.05) is 11.9 Å². The molecule has 2 aromatic carbocycles. The first-order valence-corrected chi connectivity index (χ1v) is 7.78. The highest BCUT2D eigenvalue weighted by atomic mass is 35.5. The first-order valence-electron chi connectivity index (χ1n) is 7.41. The molecule has 0 saturated carbocycles. The van der Waals surface area contributed by atoms with Crippen LogP contribution < -0.4 is 5.32 Å². The van der Waals surface area contributed by atoms with E-state index in [2.05, 4.69) is 10.3 Å². The second-order valence-corrected chi connectivity index (χ2v) is 5.68. The molecule has 1 aromatic heterocycles. The van der Waals surface area contributed by atoms with Crippen LogP contribution in [0.3, 0.4) is 0 Å².